The molecular weight excluding hydrogens is 150 g/mol. The Bertz CT molecular complexity index is 116. The molecule has 1 N–H and O–H groups in total. The van der Waals surface area contributed by atoms with Crippen molar-refractivity contribution in [3.63, 3.8) is 0 Å². The van der Waals surface area contributed by atoms with Crippen molar-refractivity contribution < 1.29 is 10.1 Å². The number of nitrogens with one attached hydrogen (secondary N) is 1. The number of amides is 1. The molecule has 0 spiro atoms. The number of carbonyl (C=O) groups is 1. The summed E-state index contributed by atoms with van der Waals surface area (Å²) in [5.41, 5.74) is 0. The average molecular weight is 161 g/mol. The lowest BCUT2D eigenvalue weighted by Gasteiger charge is -1.93. The van der Waals surface area contributed by atoms with E-state index in [-0.39, 0.29) is 5.91 Å². The molecule has 0 aromatic carbocycles. The second-order valence-corrected chi connectivity index (χ2v) is 2.23. The SMILES string of the molecule is O=C1CCCCCN1.O=[O+][O-]. The molecule has 0 aliphatic carbocycles. The molecule has 64 valence electrons. The second-order valence-electron chi connectivity index (χ2n) is 2.23. The van der Waals surface area contributed by atoms with Crippen LogP contribution < -0.4 is 10.6 Å². The average Bonchev–Trinajstić information content (AvgIpc) is 2.18. The molecule has 0 aromatic heterocycles. The van der Waals surface area contributed by atoms with E-state index in [0.29, 0.717) is 0 Å². The van der Waals surface area contributed by atoms with Crippen LogP contribution in [0.15, 0.2) is 0 Å². The summed E-state index contributed by atoms with van der Waals surface area (Å²) in [6, 6.07) is 0. The van der Waals surface area contributed by atoms with Gasteiger partial charge >= 0.3 is 0 Å². The van der Waals surface area contributed by atoms with Crippen LogP contribution in [0.3, 0.4) is 0 Å². The van der Waals surface area contributed by atoms with Crippen LogP contribution in [0.4, 0.5) is 0 Å². The summed E-state index contributed by atoms with van der Waals surface area (Å²) in [6.07, 6.45) is 4.18. The predicted octanol–water partition coefficient (Wildman–Crippen LogP) is -0.445. The van der Waals surface area contributed by atoms with Crippen molar-refractivity contribution >= 4 is 5.91 Å². The number of carbonyl (C=O) groups excluding carboxylic acids is 1. The van der Waals surface area contributed by atoms with Gasteiger partial charge in [-0.3, -0.25) is 4.79 Å². The zero-order valence-corrected chi connectivity index (χ0v) is 6.17. The third-order valence-corrected chi connectivity index (χ3v) is 1.40. The van der Waals surface area contributed by atoms with Gasteiger partial charge < -0.3 is 5.32 Å². The molecule has 0 saturated carbocycles. The molecule has 0 atom stereocenters. The molecule has 11 heavy (non-hydrogen) atoms. The Balaban J connectivity index is 0.000000292. The molecule has 1 heterocycles. The van der Waals surface area contributed by atoms with E-state index in [0.717, 1.165) is 25.8 Å². The van der Waals surface area contributed by atoms with Crippen LogP contribution >= 0.6 is 0 Å². The maximum atomic E-state index is 10.6. The first-order valence-electron chi connectivity index (χ1n) is 3.49. The van der Waals surface area contributed by atoms with Gasteiger partial charge in [-0.25, -0.2) is 0 Å². The summed E-state index contributed by atoms with van der Waals surface area (Å²) < 4.78 is 1.75. The Hall–Kier alpha value is -1.13. The topological polar surface area (TPSA) is 80.5 Å². The molecule has 0 unspecified atom stereocenters. The lowest BCUT2D eigenvalue weighted by molar-refractivity contribution is -0.284. The first-order chi connectivity index (χ1) is 5.31. The van der Waals surface area contributed by atoms with Gasteiger partial charge in [-0.2, -0.15) is 0 Å². The first kappa shape index (κ1) is 9.87. The zero-order chi connectivity index (χ0) is 8.53. The summed E-state index contributed by atoms with van der Waals surface area (Å²) in [7, 11) is 0. The molecule has 0 bridgehead atoms. The third-order valence-electron chi connectivity index (χ3n) is 1.40. The summed E-state index contributed by atoms with van der Waals surface area (Å²) in [5, 5.41) is 10.7. The number of rotatable bonds is 0. The molecule has 0 radical (unpaired) electrons. The van der Waals surface area contributed by atoms with Crippen molar-refractivity contribution in [1.82, 2.24) is 5.32 Å². The van der Waals surface area contributed by atoms with Crippen molar-refractivity contribution in [2.75, 3.05) is 6.54 Å². The normalized spacial score (nSPS) is 16.9. The number of hydrogen-bond donors (Lipinski definition) is 1. The van der Waals surface area contributed by atoms with Gasteiger partial charge in [0.25, 0.3) is 0 Å². The summed E-state index contributed by atoms with van der Waals surface area (Å²) >= 11 is 0. The van der Waals surface area contributed by atoms with Crippen molar-refractivity contribution in [3.8, 4) is 0 Å². The minimum atomic E-state index is 0.225. The van der Waals surface area contributed by atoms with Crippen LogP contribution in [0.25, 0.3) is 0 Å². The monoisotopic (exact) mass is 161 g/mol. The highest BCUT2D eigenvalue weighted by atomic mass is 17.2. The van der Waals surface area contributed by atoms with E-state index >= 15 is 0 Å². The Labute approximate surface area is 64.3 Å². The summed E-state index contributed by atoms with van der Waals surface area (Å²) in [5.74, 6) is 0.225. The molecule has 5 heteroatoms. The zero-order valence-electron chi connectivity index (χ0n) is 6.17. The van der Waals surface area contributed by atoms with E-state index < -0.39 is 0 Å². The molecule has 1 aliphatic heterocycles. The maximum Gasteiger partial charge on any atom is 0.219 e. The molecule has 1 amide bonds. The van der Waals surface area contributed by atoms with Crippen LogP contribution in [-0.4, -0.2) is 12.5 Å². The van der Waals surface area contributed by atoms with Gasteiger partial charge in [0.2, 0.25) is 5.91 Å². The maximum absolute atomic E-state index is 10.6. The van der Waals surface area contributed by atoms with Gasteiger partial charge in [0.1, 0.15) is 0 Å². The molecule has 1 rings (SSSR count). The smallest absolute Gasteiger partial charge is 0.219 e. The summed E-state index contributed by atoms with van der Waals surface area (Å²) in [4.78, 5) is 18.4. The first-order valence-corrected chi connectivity index (χ1v) is 3.49. The molecular formula is C6H11NO4. The minimum Gasteiger partial charge on any atom is -0.356 e. The molecule has 5 nitrogen and oxygen atoms in total. The fourth-order valence-corrected chi connectivity index (χ4v) is 0.904. The predicted molar refractivity (Wildman–Crippen MR) is 38.2 cm³/mol. The molecule has 0 aromatic rings. The van der Waals surface area contributed by atoms with Gasteiger partial charge in [0.15, 0.2) is 4.75 Å². The summed E-state index contributed by atoms with van der Waals surface area (Å²) in [6.45, 7) is 0.888. The highest BCUT2D eigenvalue weighted by Gasteiger charge is 2.03. The van der Waals surface area contributed by atoms with E-state index in [4.69, 9.17) is 10.2 Å². The van der Waals surface area contributed by atoms with Crippen LogP contribution in [0.2, 0.25) is 0 Å². The van der Waals surface area contributed by atoms with Crippen LogP contribution in [0, 0.1) is 9.71 Å². The minimum absolute atomic E-state index is 0.225. The highest BCUT2D eigenvalue weighted by molar-refractivity contribution is 5.75. The van der Waals surface area contributed by atoms with Crippen molar-refractivity contribution in [3.05, 3.63) is 9.71 Å². The molecule has 1 aliphatic rings. The Morgan fingerprint density at radius 2 is 2.00 bits per heavy atom. The lowest BCUT2D eigenvalue weighted by atomic mass is 10.2. The second kappa shape index (κ2) is 6.98. The Morgan fingerprint density at radius 1 is 1.36 bits per heavy atom. The van der Waals surface area contributed by atoms with Gasteiger partial charge in [0.05, 0.1) is 0 Å². The van der Waals surface area contributed by atoms with Gasteiger partial charge in [-0.15, -0.1) is 0 Å². The molecule has 1 saturated heterocycles. The Kier molecular flexibility index (Phi) is 6.27. The fourth-order valence-electron chi connectivity index (χ4n) is 0.904. The third kappa shape index (κ3) is 6.76. The standard InChI is InChI=1S/C6H11NO.O3/c8-6-4-2-1-3-5-7-6;1-3-2/h1-5H2,(H,7,8);. The quantitative estimate of drug-likeness (QED) is 0.297. The van der Waals surface area contributed by atoms with Crippen LogP contribution in [0.1, 0.15) is 25.7 Å². The Morgan fingerprint density at radius 3 is 2.64 bits per heavy atom. The van der Waals surface area contributed by atoms with Crippen molar-refractivity contribution in [2.24, 2.45) is 0 Å². The van der Waals surface area contributed by atoms with E-state index in [9.17, 15) is 4.79 Å². The van der Waals surface area contributed by atoms with E-state index in [1.165, 1.54) is 6.42 Å². The van der Waals surface area contributed by atoms with E-state index in [2.05, 4.69) is 5.32 Å². The van der Waals surface area contributed by atoms with Gasteiger partial charge in [-0.1, -0.05) is 16.6 Å². The van der Waals surface area contributed by atoms with E-state index in [1.807, 2.05) is 0 Å². The van der Waals surface area contributed by atoms with Gasteiger partial charge in [0, 0.05) is 13.0 Å². The van der Waals surface area contributed by atoms with Crippen LogP contribution in [0.5, 0.6) is 0 Å². The molecule has 1 fully saturated rings. The number of hydrogen-bond acceptors (Lipinski definition) is 3. The largest absolute Gasteiger partial charge is 0.356 e. The highest BCUT2D eigenvalue weighted by Crippen LogP contribution is 2.02. The van der Waals surface area contributed by atoms with E-state index in [1.54, 1.807) is 4.75 Å². The lowest BCUT2D eigenvalue weighted by Crippen LogP contribution is -2.21. The fraction of sp³-hybridized carbons (Fsp3) is 0.833. The van der Waals surface area contributed by atoms with Crippen LogP contribution in [-0.2, 0) is 4.79 Å². The van der Waals surface area contributed by atoms with Crippen molar-refractivity contribution in [2.45, 2.75) is 25.7 Å². The van der Waals surface area contributed by atoms with Gasteiger partial charge in [-0.05, 0) is 12.8 Å². The van der Waals surface area contributed by atoms with Crippen molar-refractivity contribution in [1.29, 1.82) is 0 Å².